The summed E-state index contributed by atoms with van der Waals surface area (Å²) >= 11 is 0. The zero-order valence-corrected chi connectivity index (χ0v) is 11.9. The van der Waals surface area contributed by atoms with E-state index in [4.69, 9.17) is 0 Å². The first-order valence-corrected chi connectivity index (χ1v) is 7.35. The molecule has 1 saturated carbocycles. The molecule has 3 heteroatoms. The van der Waals surface area contributed by atoms with Gasteiger partial charge in [-0.1, -0.05) is 60.7 Å². The molecule has 1 aliphatic rings. The van der Waals surface area contributed by atoms with E-state index in [0.717, 1.165) is 24.0 Å². The van der Waals surface area contributed by atoms with E-state index in [1.54, 1.807) is 4.90 Å². The van der Waals surface area contributed by atoms with Crippen LogP contribution in [0.5, 0.6) is 0 Å². The van der Waals surface area contributed by atoms with Gasteiger partial charge >= 0.3 is 6.09 Å². The number of hydrogen-bond donors (Lipinski definition) is 1. The molecule has 1 aliphatic carbocycles. The molecule has 0 heterocycles. The van der Waals surface area contributed by atoms with Crippen LogP contribution in [0.15, 0.2) is 60.7 Å². The van der Waals surface area contributed by atoms with Crippen molar-refractivity contribution < 1.29 is 9.90 Å². The summed E-state index contributed by atoms with van der Waals surface area (Å²) in [5.41, 5.74) is 2.33. The van der Waals surface area contributed by atoms with E-state index in [9.17, 15) is 9.90 Å². The van der Waals surface area contributed by atoms with Gasteiger partial charge in [0.25, 0.3) is 0 Å². The third kappa shape index (κ3) is 3.24. The van der Waals surface area contributed by atoms with E-state index in [-0.39, 0.29) is 12.0 Å². The Morgan fingerprint density at radius 3 is 1.86 bits per heavy atom. The standard InChI is InChI=1S/C18H19NO2/c20-18(21)19(16-11-12-16)13-17(14-7-3-1-4-8-14)15-9-5-2-6-10-15/h1-10,16-17H,11-13H2,(H,20,21). The lowest BCUT2D eigenvalue weighted by atomic mass is 9.91. The third-order valence-electron chi connectivity index (χ3n) is 4.02. The molecule has 1 N–H and O–H groups in total. The summed E-state index contributed by atoms with van der Waals surface area (Å²) in [4.78, 5) is 13.1. The maximum absolute atomic E-state index is 11.5. The van der Waals surface area contributed by atoms with Gasteiger partial charge in [-0.15, -0.1) is 0 Å². The predicted molar refractivity (Wildman–Crippen MR) is 82.5 cm³/mol. The van der Waals surface area contributed by atoms with Crippen LogP contribution in [-0.4, -0.2) is 28.7 Å². The van der Waals surface area contributed by atoms with Gasteiger partial charge in [-0.3, -0.25) is 0 Å². The first kappa shape index (κ1) is 13.7. The molecular formula is C18H19NO2. The number of rotatable bonds is 5. The molecule has 2 aromatic rings. The minimum absolute atomic E-state index is 0.0871. The summed E-state index contributed by atoms with van der Waals surface area (Å²) in [5.74, 6) is 0.0871. The first-order valence-electron chi connectivity index (χ1n) is 7.35. The van der Waals surface area contributed by atoms with Crippen molar-refractivity contribution in [1.29, 1.82) is 0 Å². The average Bonchev–Trinajstić information content (AvgIpc) is 3.34. The molecule has 2 aromatic carbocycles. The lowest BCUT2D eigenvalue weighted by Crippen LogP contribution is -2.35. The molecule has 0 radical (unpaired) electrons. The van der Waals surface area contributed by atoms with E-state index in [1.165, 1.54) is 0 Å². The number of nitrogens with zero attached hydrogens (tertiary/aromatic N) is 1. The largest absolute Gasteiger partial charge is 0.465 e. The monoisotopic (exact) mass is 281 g/mol. The van der Waals surface area contributed by atoms with Crippen molar-refractivity contribution in [3.63, 3.8) is 0 Å². The molecule has 0 aliphatic heterocycles. The van der Waals surface area contributed by atoms with Gasteiger partial charge in [0.2, 0.25) is 0 Å². The second kappa shape index (κ2) is 6.00. The molecule has 0 saturated heterocycles. The second-order valence-electron chi connectivity index (χ2n) is 5.54. The van der Waals surface area contributed by atoms with Crippen LogP contribution < -0.4 is 0 Å². The van der Waals surface area contributed by atoms with E-state index in [0.29, 0.717) is 6.54 Å². The zero-order valence-electron chi connectivity index (χ0n) is 11.9. The Morgan fingerprint density at radius 2 is 1.48 bits per heavy atom. The lowest BCUT2D eigenvalue weighted by Gasteiger charge is -2.26. The first-order chi connectivity index (χ1) is 10.3. The molecule has 3 rings (SSSR count). The van der Waals surface area contributed by atoms with Gasteiger partial charge in [-0.05, 0) is 24.0 Å². The third-order valence-corrected chi connectivity index (χ3v) is 4.02. The molecule has 1 fully saturated rings. The highest BCUT2D eigenvalue weighted by Crippen LogP contribution is 2.32. The molecule has 0 spiro atoms. The van der Waals surface area contributed by atoms with E-state index in [1.807, 2.05) is 36.4 Å². The van der Waals surface area contributed by atoms with Crippen LogP contribution in [0.1, 0.15) is 29.9 Å². The van der Waals surface area contributed by atoms with Gasteiger partial charge in [0.15, 0.2) is 0 Å². The van der Waals surface area contributed by atoms with Crippen LogP contribution in [-0.2, 0) is 0 Å². The van der Waals surface area contributed by atoms with Crippen molar-refractivity contribution in [3.8, 4) is 0 Å². The van der Waals surface area contributed by atoms with Crippen LogP contribution in [0.3, 0.4) is 0 Å². The SMILES string of the molecule is O=C(O)N(CC(c1ccccc1)c1ccccc1)C1CC1. The fourth-order valence-corrected chi connectivity index (χ4v) is 2.74. The van der Waals surface area contributed by atoms with Crippen molar-refractivity contribution in [2.24, 2.45) is 0 Å². The smallest absolute Gasteiger partial charge is 0.407 e. The van der Waals surface area contributed by atoms with E-state index < -0.39 is 6.09 Å². The van der Waals surface area contributed by atoms with Crippen molar-refractivity contribution >= 4 is 6.09 Å². The Hall–Kier alpha value is -2.29. The Kier molecular flexibility index (Phi) is 3.91. The van der Waals surface area contributed by atoms with Gasteiger partial charge in [0.05, 0.1) is 0 Å². The van der Waals surface area contributed by atoms with Crippen molar-refractivity contribution in [2.75, 3.05) is 6.54 Å². The van der Waals surface area contributed by atoms with Crippen LogP contribution in [0.4, 0.5) is 4.79 Å². The molecule has 21 heavy (non-hydrogen) atoms. The van der Waals surface area contributed by atoms with Crippen LogP contribution >= 0.6 is 0 Å². The molecular weight excluding hydrogens is 262 g/mol. The molecule has 0 atom stereocenters. The molecule has 1 amide bonds. The maximum atomic E-state index is 11.5. The summed E-state index contributed by atoms with van der Waals surface area (Å²) in [5, 5.41) is 9.45. The predicted octanol–water partition coefficient (Wildman–Crippen LogP) is 3.96. The maximum Gasteiger partial charge on any atom is 0.407 e. The lowest BCUT2D eigenvalue weighted by molar-refractivity contribution is 0.140. The van der Waals surface area contributed by atoms with Crippen LogP contribution in [0.25, 0.3) is 0 Å². The van der Waals surface area contributed by atoms with Gasteiger partial charge in [0, 0.05) is 18.5 Å². The Balaban J connectivity index is 1.91. The average molecular weight is 281 g/mol. The van der Waals surface area contributed by atoms with Crippen LogP contribution in [0, 0.1) is 0 Å². The molecule has 0 bridgehead atoms. The minimum Gasteiger partial charge on any atom is -0.465 e. The highest BCUT2D eigenvalue weighted by molar-refractivity contribution is 5.66. The Labute approximate surface area is 124 Å². The van der Waals surface area contributed by atoms with Crippen molar-refractivity contribution in [3.05, 3.63) is 71.8 Å². The summed E-state index contributed by atoms with van der Waals surface area (Å²) in [7, 11) is 0. The van der Waals surface area contributed by atoms with Gasteiger partial charge in [0.1, 0.15) is 0 Å². The van der Waals surface area contributed by atoms with Crippen molar-refractivity contribution in [2.45, 2.75) is 24.8 Å². The Morgan fingerprint density at radius 1 is 1.00 bits per heavy atom. The highest BCUT2D eigenvalue weighted by atomic mass is 16.4. The fraction of sp³-hybridized carbons (Fsp3) is 0.278. The summed E-state index contributed by atoms with van der Waals surface area (Å²) < 4.78 is 0. The Bertz CT molecular complexity index is 554. The van der Waals surface area contributed by atoms with Crippen molar-refractivity contribution in [1.82, 2.24) is 4.90 Å². The number of carboxylic acid groups (broad SMARTS) is 1. The molecule has 0 aromatic heterocycles. The number of benzene rings is 2. The van der Waals surface area contributed by atoms with E-state index >= 15 is 0 Å². The van der Waals surface area contributed by atoms with Gasteiger partial charge in [-0.2, -0.15) is 0 Å². The van der Waals surface area contributed by atoms with Gasteiger partial charge in [-0.25, -0.2) is 4.79 Å². The fourth-order valence-electron chi connectivity index (χ4n) is 2.74. The normalized spacial score (nSPS) is 14.1. The number of carbonyl (C=O) groups is 1. The molecule has 3 nitrogen and oxygen atoms in total. The van der Waals surface area contributed by atoms with Crippen LogP contribution in [0.2, 0.25) is 0 Å². The summed E-state index contributed by atoms with van der Waals surface area (Å²) in [6, 6.07) is 20.5. The van der Waals surface area contributed by atoms with E-state index in [2.05, 4.69) is 24.3 Å². The minimum atomic E-state index is -0.811. The summed E-state index contributed by atoms with van der Waals surface area (Å²) in [6.07, 6.45) is 1.17. The zero-order chi connectivity index (χ0) is 14.7. The molecule has 108 valence electrons. The number of hydrogen-bond acceptors (Lipinski definition) is 1. The second-order valence-corrected chi connectivity index (χ2v) is 5.54. The molecule has 0 unspecified atom stereocenters. The topological polar surface area (TPSA) is 40.5 Å². The summed E-state index contributed by atoms with van der Waals surface area (Å²) in [6.45, 7) is 0.522. The quantitative estimate of drug-likeness (QED) is 0.901. The highest BCUT2D eigenvalue weighted by Gasteiger charge is 2.34. The number of amides is 1. The van der Waals surface area contributed by atoms with Gasteiger partial charge < -0.3 is 10.0 Å².